The molecule has 3 heterocycles. The Morgan fingerprint density at radius 2 is 1.77 bits per heavy atom. The standard InChI is InChI=1S/C30H43N5O2.2ClH/c1-6-7-18-34-28(36)27(21-22(2)3)31-29(37)30(34)15-19-33(20-16-30)17-11-14-26-23(4)32-35(24(26)5)25-12-9-8-10-13-25;;/h8-13,17,22,27H,6-7,14-16,18-21H2,1-5H3,(H,31,37);2*1H/b17-11+;;/t27-;;/m0../s1. The first kappa shape index (κ1) is 32.7. The molecule has 2 aliphatic heterocycles. The zero-order valence-corrected chi connectivity index (χ0v) is 25.6. The molecule has 2 aromatic rings. The summed E-state index contributed by atoms with van der Waals surface area (Å²) in [5.74, 6) is 0.500. The van der Waals surface area contributed by atoms with Gasteiger partial charge in [0, 0.05) is 30.9 Å². The molecule has 0 bridgehead atoms. The first-order valence-corrected chi connectivity index (χ1v) is 13.9. The Bertz CT molecular complexity index is 1120. The van der Waals surface area contributed by atoms with E-state index in [9.17, 15) is 9.59 Å². The van der Waals surface area contributed by atoms with Crippen LogP contribution in [0.4, 0.5) is 0 Å². The molecule has 0 unspecified atom stereocenters. The van der Waals surface area contributed by atoms with Crippen molar-refractivity contribution < 1.29 is 9.59 Å². The fourth-order valence-corrected chi connectivity index (χ4v) is 5.80. The molecule has 2 amide bonds. The molecule has 1 aromatic heterocycles. The van der Waals surface area contributed by atoms with Crippen LogP contribution in [0.2, 0.25) is 0 Å². The second-order valence-electron chi connectivity index (χ2n) is 11.1. The van der Waals surface area contributed by atoms with Crippen molar-refractivity contribution in [2.75, 3.05) is 19.6 Å². The van der Waals surface area contributed by atoms with Gasteiger partial charge in [0.05, 0.1) is 11.4 Å². The Balaban J connectivity index is 0.00000267. The van der Waals surface area contributed by atoms with Crippen molar-refractivity contribution >= 4 is 36.6 Å². The van der Waals surface area contributed by atoms with Gasteiger partial charge in [0.1, 0.15) is 11.6 Å². The molecule has 2 saturated heterocycles. The summed E-state index contributed by atoms with van der Waals surface area (Å²) in [5.41, 5.74) is 3.80. The van der Waals surface area contributed by atoms with Gasteiger partial charge >= 0.3 is 0 Å². The number of amides is 2. The summed E-state index contributed by atoms with van der Waals surface area (Å²) in [6.45, 7) is 12.7. The molecule has 1 N–H and O–H groups in total. The summed E-state index contributed by atoms with van der Waals surface area (Å²) in [5, 5.41) is 7.86. The number of aryl methyl sites for hydroxylation is 1. The largest absolute Gasteiger partial charge is 0.377 e. The number of likely N-dealkylation sites (tertiary alicyclic amines) is 1. The zero-order valence-electron chi connectivity index (χ0n) is 24.0. The number of hydrogen-bond donors (Lipinski definition) is 1. The summed E-state index contributed by atoms with van der Waals surface area (Å²) in [4.78, 5) is 31.1. The Morgan fingerprint density at radius 1 is 1.10 bits per heavy atom. The summed E-state index contributed by atoms with van der Waals surface area (Å²) in [6, 6.07) is 9.83. The number of hydrogen-bond acceptors (Lipinski definition) is 4. The number of unbranched alkanes of at least 4 members (excludes halogenated alkanes) is 1. The average molecular weight is 579 g/mol. The number of piperidine rings is 1. The molecule has 39 heavy (non-hydrogen) atoms. The monoisotopic (exact) mass is 577 g/mol. The number of piperazine rings is 1. The van der Waals surface area contributed by atoms with Gasteiger partial charge in [-0.15, -0.1) is 24.8 Å². The molecular weight excluding hydrogens is 533 g/mol. The van der Waals surface area contributed by atoms with Gasteiger partial charge in [-0.25, -0.2) is 4.68 Å². The maximum atomic E-state index is 13.4. The average Bonchev–Trinajstić information content (AvgIpc) is 3.17. The Morgan fingerprint density at radius 3 is 2.38 bits per heavy atom. The Labute approximate surface area is 246 Å². The number of nitrogens with zero attached hydrogens (tertiary/aromatic N) is 4. The van der Waals surface area contributed by atoms with Crippen LogP contribution in [0.3, 0.4) is 0 Å². The molecule has 1 aromatic carbocycles. The molecule has 4 rings (SSSR count). The van der Waals surface area contributed by atoms with Gasteiger partial charge in [-0.3, -0.25) is 9.59 Å². The van der Waals surface area contributed by atoms with Crippen LogP contribution < -0.4 is 5.32 Å². The zero-order chi connectivity index (χ0) is 26.6. The molecular formula is C30H45Cl2N5O2. The van der Waals surface area contributed by atoms with Crippen LogP contribution in [0.25, 0.3) is 5.69 Å². The topological polar surface area (TPSA) is 70.5 Å². The number of para-hydroxylation sites is 1. The van der Waals surface area contributed by atoms with Crippen LogP contribution >= 0.6 is 24.8 Å². The number of halogens is 2. The van der Waals surface area contributed by atoms with Crippen molar-refractivity contribution in [3.05, 3.63) is 59.6 Å². The van der Waals surface area contributed by atoms with E-state index in [-0.39, 0.29) is 36.6 Å². The highest BCUT2D eigenvalue weighted by atomic mass is 35.5. The lowest BCUT2D eigenvalue weighted by molar-refractivity contribution is -0.161. The van der Waals surface area contributed by atoms with Crippen LogP contribution in [0.5, 0.6) is 0 Å². The first-order chi connectivity index (χ1) is 17.8. The maximum absolute atomic E-state index is 13.4. The predicted octanol–water partition coefficient (Wildman–Crippen LogP) is 5.40. The smallest absolute Gasteiger partial charge is 0.246 e. The third-order valence-corrected chi connectivity index (χ3v) is 7.96. The number of aromatic nitrogens is 2. The predicted molar refractivity (Wildman–Crippen MR) is 162 cm³/mol. The van der Waals surface area contributed by atoms with E-state index in [0.717, 1.165) is 49.4 Å². The van der Waals surface area contributed by atoms with E-state index in [4.69, 9.17) is 5.10 Å². The van der Waals surface area contributed by atoms with Crippen LogP contribution in [-0.4, -0.2) is 62.6 Å². The van der Waals surface area contributed by atoms with Crippen molar-refractivity contribution in [1.82, 2.24) is 24.9 Å². The summed E-state index contributed by atoms with van der Waals surface area (Å²) < 4.78 is 2.01. The molecule has 2 fully saturated rings. The van der Waals surface area contributed by atoms with E-state index in [2.05, 4.69) is 69.2 Å². The van der Waals surface area contributed by atoms with Crippen LogP contribution in [0, 0.1) is 19.8 Å². The minimum Gasteiger partial charge on any atom is -0.377 e. The van der Waals surface area contributed by atoms with Gasteiger partial charge in [0.2, 0.25) is 11.8 Å². The highest BCUT2D eigenvalue weighted by molar-refractivity contribution is 6.00. The maximum Gasteiger partial charge on any atom is 0.246 e. The molecule has 0 aliphatic carbocycles. The van der Waals surface area contributed by atoms with Crippen molar-refractivity contribution in [3.8, 4) is 5.69 Å². The number of rotatable bonds is 9. The quantitative estimate of drug-likeness (QED) is 0.433. The van der Waals surface area contributed by atoms with E-state index in [1.165, 1.54) is 5.56 Å². The highest BCUT2D eigenvalue weighted by Crippen LogP contribution is 2.34. The summed E-state index contributed by atoms with van der Waals surface area (Å²) in [6.07, 6.45) is 9.12. The molecule has 9 heteroatoms. The van der Waals surface area contributed by atoms with E-state index in [0.29, 0.717) is 31.7 Å². The van der Waals surface area contributed by atoms with Gasteiger partial charge in [-0.2, -0.15) is 5.10 Å². The van der Waals surface area contributed by atoms with E-state index in [1.54, 1.807) is 0 Å². The molecule has 0 radical (unpaired) electrons. The molecule has 2 aliphatic rings. The lowest BCUT2D eigenvalue weighted by Gasteiger charge is -2.51. The molecule has 1 atom stereocenters. The minimum absolute atomic E-state index is 0. The molecule has 216 valence electrons. The number of nitrogens with one attached hydrogen (secondary N) is 1. The van der Waals surface area contributed by atoms with Crippen molar-refractivity contribution in [3.63, 3.8) is 0 Å². The first-order valence-electron chi connectivity index (χ1n) is 13.9. The Kier molecular flexibility index (Phi) is 11.9. The number of carbonyl (C=O) groups is 2. The summed E-state index contributed by atoms with van der Waals surface area (Å²) >= 11 is 0. The highest BCUT2D eigenvalue weighted by Gasteiger charge is 2.53. The minimum atomic E-state index is -0.714. The van der Waals surface area contributed by atoms with Gasteiger partial charge < -0.3 is 15.1 Å². The van der Waals surface area contributed by atoms with E-state index in [1.807, 2.05) is 27.8 Å². The van der Waals surface area contributed by atoms with Crippen molar-refractivity contribution in [1.29, 1.82) is 0 Å². The second-order valence-corrected chi connectivity index (χ2v) is 11.1. The molecule has 7 nitrogen and oxygen atoms in total. The lowest BCUT2D eigenvalue weighted by Crippen LogP contribution is -2.72. The number of carbonyl (C=O) groups excluding carboxylic acids is 2. The van der Waals surface area contributed by atoms with E-state index >= 15 is 0 Å². The number of allylic oxidation sites excluding steroid dienone is 1. The second kappa shape index (κ2) is 14.2. The van der Waals surface area contributed by atoms with Gasteiger partial charge in [-0.1, -0.05) is 51.5 Å². The van der Waals surface area contributed by atoms with Crippen molar-refractivity contribution in [2.24, 2.45) is 5.92 Å². The normalized spacial score (nSPS) is 18.9. The van der Waals surface area contributed by atoms with Gasteiger partial charge in [0.25, 0.3) is 0 Å². The lowest BCUT2D eigenvalue weighted by atomic mass is 9.81. The fraction of sp³-hybridized carbons (Fsp3) is 0.567. The van der Waals surface area contributed by atoms with Crippen LogP contribution in [0.1, 0.15) is 69.8 Å². The van der Waals surface area contributed by atoms with Crippen LogP contribution in [-0.2, 0) is 16.0 Å². The van der Waals surface area contributed by atoms with Gasteiger partial charge in [-0.05, 0) is 70.2 Å². The third-order valence-electron chi connectivity index (χ3n) is 7.96. The SMILES string of the molecule is CCCCN1C(=O)[C@H](CC(C)C)NC(=O)C12CCN(/C=C/Cc1c(C)nn(-c3ccccc3)c1C)CC2.Cl.Cl. The molecule has 0 saturated carbocycles. The third kappa shape index (κ3) is 6.98. The van der Waals surface area contributed by atoms with Crippen molar-refractivity contribution in [2.45, 2.75) is 84.7 Å². The fourth-order valence-electron chi connectivity index (χ4n) is 5.80. The number of benzene rings is 1. The Hall–Kier alpha value is -2.51. The molecule has 1 spiro atoms. The summed E-state index contributed by atoms with van der Waals surface area (Å²) in [7, 11) is 0. The van der Waals surface area contributed by atoms with Crippen LogP contribution in [0.15, 0.2) is 42.6 Å². The van der Waals surface area contributed by atoms with E-state index < -0.39 is 11.6 Å². The van der Waals surface area contributed by atoms with Gasteiger partial charge in [0.15, 0.2) is 0 Å².